The van der Waals surface area contributed by atoms with E-state index in [9.17, 15) is 9.59 Å². The van der Waals surface area contributed by atoms with Crippen LogP contribution in [0.5, 0.6) is 0 Å². The lowest BCUT2D eigenvalue weighted by Crippen LogP contribution is -2.23. The average molecular weight is 462 g/mol. The third kappa shape index (κ3) is 4.54. The molecule has 0 fully saturated rings. The maximum absolute atomic E-state index is 13.2. The third-order valence-electron chi connectivity index (χ3n) is 5.05. The number of benzene rings is 2. The second kappa shape index (κ2) is 9.54. The van der Waals surface area contributed by atoms with Crippen molar-refractivity contribution < 1.29 is 4.79 Å². The van der Waals surface area contributed by atoms with E-state index in [2.05, 4.69) is 11.9 Å². The first-order valence-electron chi connectivity index (χ1n) is 10.2. The highest BCUT2D eigenvalue weighted by atomic mass is 32.2. The molecule has 1 N–H and O–H groups in total. The van der Waals surface area contributed by atoms with Gasteiger partial charge < -0.3 is 5.32 Å². The number of allylic oxidation sites excluding steroid dienone is 1. The molecule has 0 aliphatic rings. The third-order valence-corrected chi connectivity index (χ3v) is 7.18. The number of aryl methyl sites for hydroxylation is 2. The maximum Gasteiger partial charge on any atom is 0.272 e. The number of para-hydroxylation sites is 1. The van der Waals surface area contributed by atoms with E-state index in [-0.39, 0.29) is 17.2 Å². The van der Waals surface area contributed by atoms with Gasteiger partial charge in [-0.3, -0.25) is 14.2 Å². The van der Waals surface area contributed by atoms with Gasteiger partial charge in [-0.2, -0.15) is 0 Å². The van der Waals surface area contributed by atoms with Gasteiger partial charge in [0, 0.05) is 17.1 Å². The summed E-state index contributed by atoms with van der Waals surface area (Å²) in [6.45, 7) is 8.04. The fourth-order valence-corrected chi connectivity index (χ4v) is 5.31. The topological polar surface area (TPSA) is 64.0 Å². The molecule has 0 bridgehead atoms. The Bertz CT molecular complexity index is 1340. The molecule has 0 aliphatic carbocycles. The Kier molecular flexibility index (Phi) is 6.58. The lowest BCUT2D eigenvalue weighted by Gasteiger charge is -2.12. The van der Waals surface area contributed by atoms with E-state index < -0.39 is 0 Å². The maximum atomic E-state index is 13.2. The Balaban J connectivity index is 1.62. The van der Waals surface area contributed by atoms with Crippen molar-refractivity contribution in [2.45, 2.75) is 25.5 Å². The van der Waals surface area contributed by atoms with Gasteiger partial charge in [-0.25, -0.2) is 4.98 Å². The van der Waals surface area contributed by atoms with Crippen molar-refractivity contribution >= 4 is 44.9 Å². The number of rotatable bonds is 7. The van der Waals surface area contributed by atoms with Crippen molar-refractivity contribution in [2.75, 3.05) is 11.1 Å². The highest BCUT2D eigenvalue weighted by Crippen LogP contribution is 2.32. The van der Waals surface area contributed by atoms with Gasteiger partial charge in [0.1, 0.15) is 4.70 Å². The summed E-state index contributed by atoms with van der Waals surface area (Å²) in [6, 6.07) is 17.8. The number of hydrogen-bond donors (Lipinski definition) is 1. The first-order valence-corrected chi connectivity index (χ1v) is 12.0. The number of fused-ring (bicyclic) bond motifs is 1. The summed E-state index contributed by atoms with van der Waals surface area (Å²) >= 11 is 2.69. The van der Waals surface area contributed by atoms with Crippen LogP contribution >= 0.6 is 23.1 Å². The molecule has 0 aliphatic heterocycles. The number of thiophene rings is 1. The molecule has 1 amide bonds. The van der Waals surface area contributed by atoms with Crippen molar-refractivity contribution in [3.63, 3.8) is 0 Å². The number of aromatic nitrogens is 2. The lowest BCUT2D eigenvalue weighted by atomic mass is 10.1. The van der Waals surface area contributed by atoms with Gasteiger partial charge in [0.2, 0.25) is 5.91 Å². The molecule has 5 nitrogen and oxygen atoms in total. The van der Waals surface area contributed by atoms with E-state index in [0.717, 1.165) is 27.3 Å². The minimum Gasteiger partial charge on any atom is -0.325 e. The van der Waals surface area contributed by atoms with Crippen LogP contribution in [0.15, 0.2) is 77.2 Å². The van der Waals surface area contributed by atoms with E-state index in [1.165, 1.54) is 23.1 Å². The molecule has 2 heterocycles. The highest BCUT2D eigenvalue weighted by Gasteiger charge is 2.16. The molecule has 0 saturated heterocycles. The van der Waals surface area contributed by atoms with Gasteiger partial charge in [-0.15, -0.1) is 17.9 Å². The van der Waals surface area contributed by atoms with E-state index >= 15 is 0 Å². The summed E-state index contributed by atoms with van der Waals surface area (Å²) in [4.78, 5) is 31.5. The predicted molar refractivity (Wildman–Crippen MR) is 135 cm³/mol. The number of thioether (sulfide) groups is 1. The van der Waals surface area contributed by atoms with E-state index in [1.807, 2.05) is 68.4 Å². The van der Waals surface area contributed by atoms with Crippen LogP contribution in [0.4, 0.5) is 5.69 Å². The van der Waals surface area contributed by atoms with E-state index in [1.54, 1.807) is 10.6 Å². The molecule has 4 rings (SSSR count). The van der Waals surface area contributed by atoms with Gasteiger partial charge in [0.15, 0.2) is 5.16 Å². The van der Waals surface area contributed by atoms with Gasteiger partial charge in [-0.1, -0.05) is 66.4 Å². The molecule has 2 aromatic carbocycles. The van der Waals surface area contributed by atoms with Crippen molar-refractivity contribution in [3.8, 4) is 10.4 Å². The van der Waals surface area contributed by atoms with Crippen LogP contribution in [-0.2, 0) is 11.3 Å². The molecule has 2 aromatic heterocycles. The van der Waals surface area contributed by atoms with Crippen molar-refractivity contribution in [2.24, 2.45) is 0 Å². The van der Waals surface area contributed by atoms with Gasteiger partial charge in [-0.05, 0) is 36.6 Å². The molecule has 162 valence electrons. The molecule has 0 spiro atoms. The van der Waals surface area contributed by atoms with Crippen LogP contribution in [-0.4, -0.2) is 21.2 Å². The summed E-state index contributed by atoms with van der Waals surface area (Å²) < 4.78 is 2.19. The van der Waals surface area contributed by atoms with E-state index in [4.69, 9.17) is 4.98 Å². The Morgan fingerprint density at radius 1 is 1.16 bits per heavy atom. The molecule has 4 aromatic rings. The first-order chi connectivity index (χ1) is 15.5. The standard InChI is InChI=1S/C25H23N3O2S2/c1-4-13-28-24(30)23-19(14-20(32-23)18-11-6-5-7-12-18)26-25(28)31-15-21(29)27-22-16(2)9-8-10-17(22)3/h4-12,14H,1,13,15H2,2-3H3,(H,27,29). The molecule has 0 unspecified atom stereocenters. The predicted octanol–water partition coefficient (Wildman–Crippen LogP) is 5.66. The SMILES string of the molecule is C=CCn1c(SCC(=O)Nc2c(C)cccc2C)nc2cc(-c3ccccc3)sc2c1=O. The Labute approximate surface area is 194 Å². The lowest BCUT2D eigenvalue weighted by molar-refractivity contribution is -0.113. The molecule has 32 heavy (non-hydrogen) atoms. The van der Waals surface area contributed by atoms with Gasteiger partial charge >= 0.3 is 0 Å². The minimum atomic E-state index is -0.137. The van der Waals surface area contributed by atoms with E-state index in [0.29, 0.717) is 21.9 Å². The molecule has 0 atom stereocenters. The monoisotopic (exact) mass is 461 g/mol. The smallest absolute Gasteiger partial charge is 0.272 e. The molecule has 0 radical (unpaired) electrons. The molecule has 7 heteroatoms. The zero-order valence-electron chi connectivity index (χ0n) is 17.9. The second-order valence-electron chi connectivity index (χ2n) is 7.39. The van der Waals surface area contributed by atoms with Crippen molar-refractivity contribution in [1.82, 2.24) is 9.55 Å². The second-order valence-corrected chi connectivity index (χ2v) is 9.39. The number of hydrogen-bond acceptors (Lipinski definition) is 5. The van der Waals surface area contributed by atoms with Crippen LogP contribution in [0.1, 0.15) is 11.1 Å². The number of nitrogens with zero attached hydrogens (tertiary/aromatic N) is 2. The summed E-state index contributed by atoms with van der Waals surface area (Å²) in [6.07, 6.45) is 1.67. The fraction of sp³-hybridized carbons (Fsp3) is 0.160. The number of amides is 1. The van der Waals surface area contributed by atoms with Crippen LogP contribution in [0.3, 0.4) is 0 Å². The quantitative estimate of drug-likeness (QED) is 0.219. The summed E-state index contributed by atoms with van der Waals surface area (Å²) in [5.74, 6) is 0.0145. The first kappa shape index (κ1) is 22.0. The number of carbonyl (C=O) groups excluding carboxylic acids is 1. The number of anilines is 1. The van der Waals surface area contributed by atoms with Gasteiger partial charge in [0.05, 0.1) is 11.3 Å². The average Bonchev–Trinajstić information content (AvgIpc) is 3.22. The normalized spacial score (nSPS) is 10.9. The van der Waals surface area contributed by atoms with Crippen molar-refractivity contribution in [3.05, 3.63) is 88.7 Å². The Morgan fingerprint density at radius 3 is 2.56 bits per heavy atom. The zero-order valence-corrected chi connectivity index (χ0v) is 19.6. The minimum absolute atomic E-state index is 0.111. The molecular weight excluding hydrogens is 438 g/mol. The molecular formula is C25H23N3O2S2. The highest BCUT2D eigenvalue weighted by molar-refractivity contribution is 7.99. The Hall–Kier alpha value is -3.16. The largest absolute Gasteiger partial charge is 0.325 e. The van der Waals surface area contributed by atoms with Crippen molar-refractivity contribution in [1.29, 1.82) is 0 Å². The molecule has 0 saturated carbocycles. The van der Waals surface area contributed by atoms with Crippen LogP contribution < -0.4 is 10.9 Å². The summed E-state index contributed by atoms with van der Waals surface area (Å²) in [7, 11) is 0. The van der Waals surface area contributed by atoms with Crippen LogP contribution in [0.25, 0.3) is 20.7 Å². The summed E-state index contributed by atoms with van der Waals surface area (Å²) in [5.41, 5.74) is 4.44. The number of nitrogens with one attached hydrogen (secondary N) is 1. The zero-order chi connectivity index (χ0) is 22.7. The number of carbonyl (C=O) groups is 1. The Morgan fingerprint density at radius 2 is 1.88 bits per heavy atom. The fourth-order valence-electron chi connectivity index (χ4n) is 3.45. The van der Waals surface area contributed by atoms with Crippen LogP contribution in [0, 0.1) is 13.8 Å². The summed E-state index contributed by atoms with van der Waals surface area (Å²) in [5, 5.41) is 3.50. The van der Waals surface area contributed by atoms with Crippen LogP contribution in [0.2, 0.25) is 0 Å². The van der Waals surface area contributed by atoms with Gasteiger partial charge in [0.25, 0.3) is 5.56 Å².